The van der Waals surface area contributed by atoms with Gasteiger partial charge in [-0.15, -0.1) is 0 Å². The Bertz CT molecular complexity index is 1400. The van der Waals surface area contributed by atoms with E-state index in [1.54, 1.807) is 24.3 Å². The molecule has 0 saturated carbocycles. The molecule has 2 N–H and O–H groups in total. The minimum atomic E-state index is -0.810. The van der Waals surface area contributed by atoms with Crippen molar-refractivity contribution < 1.29 is 28.5 Å². The summed E-state index contributed by atoms with van der Waals surface area (Å²) in [5, 5.41) is 6.89. The van der Waals surface area contributed by atoms with Gasteiger partial charge in [0.2, 0.25) is 6.79 Å². The topological polar surface area (TPSA) is 107 Å². The summed E-state index contributed by atoms with van der Waals surface area (Å²) in [7, 11) is 0. The van der Waals surface area contributed by atoms with Gasteiger partial charge in [-0.2, -0.15) is 5.10 Å². The minimum absolute atomic E-state index is 0.111. The van der Waals surface area contributed by atoms with E-state index in [0.717, 1.165) is 10.0 Å². The van der Waals surface area contributed by atoms with E-state index in [-0.39, 0.29) is 12.7 Å². The second-order valence-corrected chi connectivity index (χ2v) is 10.9. The van der Waals surface area contributed by atoms with E-state index in [1.165, 1.54) is 6.21 Å². The lowest BCUT2D eigenvalue weighted by Crippen LogP contribution is -2.48. The van der Waals surface area contributed by atoms with E-state index in [0.29, 0.717) is 51.8 Å². The standard InChI is InChI=1S/C29H29Br2N3O6/c1-4-37-25-12-19(11-22(31)27(25)38-15-18-5-8-21(30)9-6-18)14-32-34-29(36)26(17(2)3)33-28(35)20-7-10-23-24(13-20)40-16-39-23/h5-14,17,26H,4,15-16H2,1-3H3,(H,33,35)(H,34,36)/b32-14+. The maximum atomic E-state index is 12.9. The summed E-state index contributed by atoms with van der Waals surface area (Å²) in [6.45, 7) is 6.48. The van der Waals surface area contributed by atoms with Crippen molar-refractivity contribution in [2.24, 2.45) is 11.0 Å². The first kappa shape index (κ1) is 29.4. The molecule has 2 amide bonds. The largest absolute Gasteiger partial charge is 0.490 e. The predicted octanol–water partition coefficient (Wildman–Crippen LogP) is 5.82. The number of nitrogens with one attached hydrogen (secondary N) is 2. The van der Waals surface area contributed by atoms with Crippen LogP contribution in [0.3, 0.4) is 0 Å². The van der Waals surface area contributed by atoms with Gasteiger partial charge >= 0.3 is 0 Å². The number of hydrogen-bond acceptors (Lipinski definition) is 7. The molecule has 1 aliphatic heterocycles. The second-order valence-electron chi connectivity index (χ2n) is 9.18. The first-order valence-corrected chi connectivity index (χ1v) is 14.2. The van der Waals surface area contributed by atoms with Gasteiger partial charge in [0.1, 0.15) is 12.6 Å². The van der Waals surface area contributed by atoms with Crippen LogP contribution in [0.25, 0.3) is 0 Å². The Kier molecular flexibility index (Phi) is 10.1. The lowest BCUT2D eigenvalue weighted by atomic mass is 10.0. The number of nitrogens with zero attached hydrogens (tertiary/aromatic N) is 1. The molecular weight excluding hydrogens is 646 g/mol. The molecule has 11 heteroatoms. The highest BCUT2D eigenvalue weighted by Gasteiger charge is 2.25. The fourth-order valence-electron chi connectivity index (χ4n) is 3.84. The van der Waals surface area contributed by atoms with Crippen LogP contribution < -0.4 is 29.7 Å². The van der Waals surface area contributed by atoms with Crippen LogP contribution in [0.2, 0.25) is 0 Å². The van der Waals surface area contributed by atoms with Gasteiger partial charge in [0.05, 0.1) is 17.3 Å². The lowest BCUT2D eigenvalue weighted by Gasteiger charge is -2.20. The van der Waals surface area contributed by atoms with Crippen LogP contribution in [0.1, 0.15) is 42.3 Å². The number of amides is 2. The van der Waals surface area contributed by atoms with Gasteiger partial charge < -0.3 is 24.3 Å². The number of rotatable bonds is 11. The van der Waals surface area contributed by atoms with E-state index in [2.05, 4.69) is 47.7 Å². The van der Waals surface area contributed by atoms with Crippen molar-refractivity contribution in [3.05, 3.63) is 80.2 Å². The Balaban J connectivity index is 1.40. The summed E-state index contributed by atoms with van der Waals surface area (Å²) in [5.41, 5.74) is 4.58. The van der Waals surface area contributed by atoms with Gasteiger partial charge in [-0.1, -0.05) is 41.9 Å². The number of carbonyl (C=O) groups is 2. The lowest BCUT2D eigenvalue weighted by molar-refractivity contribution is -0.123. The zero-order valence-electron chi connectivity index (χ0n) is 22.2. The van der Waals surface area contributed by atoms with Crippen molar-refractivity contribution in [2.45, 2.75) is 33.4 Å². The molecule has 0 aliphatic carbocycles. The average molecular weight is 675 g/mol. The molecule has 1 unspecified atom stereocenters. The summed E-state index contributed by atoms with van der Waals surface area (Å²) in [6, 6.07) is 15.5. The fraction of sp³-hybridized carbons (Fsp3) is 0.276. The molecule has 210 valence electrons. The molecule has 1 heterocycles. The normalized spacial score (nSPS) is 12.8. The molecule has 3 aromatic carbocycles. The molecule has 0 spiro atoms. The van der Waals surface area contributed by atoms with Crippen molar-refractivity contribution in [2.75, 3.05) is 13.4 Å². The minimum Gasteiger partial charge on any atom is -0.490 e. The number of halogens is 2. The van der Waals surface area contributed by atoms with Crippen LogP contribution in [-0.4, -0.2) is 37.5 Å². The van der Waals surface area contributed by atoms with Gasteiger partial charge in [0.15, 0.2) is 23.0 Å². The molecule has 1 aliphatic rings. The quantitative estimate of drug-likeness (QED) is 0.196. The van der Waals surface area contributed by atoms with Crippen molar-refractivity contribution in [3.63, 3.8) is 0 Å². The Morgan fingerprint density at radius 1 is 1.02 bits per heavy atom. The summed E-state index contributed by atoms with van der Waals surface area (Å²) >= 11 is 6.99. The zero-order chi connectivity index (χ0) is 28.6. The van der Waals surface area contributed by atoms with Crippen LogP contribution in [-0.2, 0) is 11.4 Å². The molecule has 40 heavy (non-hydrogen) atoms. The number of ether oxygens (including phenoxy) is 4. The van der Waals surface area contributed by atoms with Gasteiger partial charge in [-0.3, -0.25) is 9.59 Å². The predicted molar refractivity (Wildman–Crippen MR) is 158 cm³/mol. The first-order valence-electron chi connectivity index (χ1n) is 12.6. The van der Waals surface area contributed by atoms with Crippen molar-refractivity contribution in [1.82, 2.24) is 10.7 Å². The zero-order valence-corrected chi connectivity index (χ0v) is 25.4. The van der Waals surface area contributed by atoms with E-state index in [9.17, 15) is 9.59 Å². The van der Waals surface area contributed by atoms with Gasteiger partial charge in [0, 0.05) is 10.0 Å². The summed E-state index contributed by atoms with van der Waals surface area (Å²) in [4.78, 5) is 25.7. The Labute approximate surface area is 249 Å². The molecule has 1 atom stereocenters. The van der Waals surface area contributed by atoms with Gasteiger partial charge in [-0.25, -0.2) is 5.43 Å². The maximum Gasteiger partial charge on any atom is 0.262 e. The highest BCUT2D eigenvalue weighted by Crippen LogP contribution is 2.37. The Morgan fingerprint density at radius 3 is 2.50 bits per heavy atom. The molecule has 4 rings (SSSR count). The highest BCUT2D eigenvalue weighted by atomic mass is 79.9. The molecule has 0 bridgehead atoms. The van der Waals surface area contributed by atoms with Gasteiger partial charge in [-0.05, 0) is 82.4 Å². The number of hydrogen-bond donors (Lipinski definition) is 2. The van der Waals surface area contributed by atoms with Crippen LogP contribution in [0, 0.1) is 5.92 Å². The monoisotopic (exact) mass is 673 g/mol. The average Bonchev–Trinajstić information content (AvgIpc) is 3.40. The van der Waals surface area contributed by atoms with Crippen LogP contribution in [0.15, 0.2) is 68.6 Å². The van der Waals surface area contributed by atoms with Crippen molar-refractivity contribution in [3.8, 4) is 23.0 Å². The second kappa shape index (κ2) is 13.7. The van der Waals surface area contributed by atoms with Crippen LogP contribution in [0.4, 0.5) is 0 Å². The first-order chi connectivity index (χ1) is 19.2. The molecule has 0 fully saturated rings. The Morgan fingerprint density at radius 2 is 1.77 bits per heavy atom. The third-order valence-electron chi connectivity index (χ3n) is 5.89. The number of benzene rings is 3. The molecule has 0 saturated heterocycles. The maximum absolute atomic E-state index is 12.9. The SMILES string of the molecule is CCOc1cc(/C=N/NC(=O)C(NC(=O)c2ccc3c(c2)OCO3)C(C)C)cc(Br)c1OCc1ccc(Br)cc1. The molecule has 0 radical (unpaired) electrons. The Hall–Kier alpha value is -3.57. The van der Waals surface area contributed by atoms with E-state index < -0.39 is 17.9 Å². The van der Waals surface area contributed by atoms with Crippen molar-refractivity contribution in [1.29, 1.82) is 0 Å². The summed E-state index contributed by atoms with van der Waals surface area (Å²) in [6.07, 6.45) is 1.50. The van der Waals surface area contributed by atoms with Crippen LogP contribution >= 0.6 is 31.9 Å². The van der Waals surface area contributed by atoms with Crippen LogP contribution in [0.5, 0.6) is 23.0 Å². The molecule has 9 nitrogen and oxygen atoms in total. The molecular formula is C29H29Br2N3O6. The smallest absolute Gasteiger partial charge is 0.262 e. The van der Waals surface area contributed by atoms with E-state index in [1.807, 2.05) is 51.1 Å². The summed E-state index contributed by atoms with van der Waals surface area (Å²) < 4.78 is 24.1. The third kappa shape index (κ3) is 7.54. The van der Waals surface area contributed by atoms with Gasteiger partial charge in [0.25, 0.3) is 11.8 Å². The number of carbonyl (C=O) groups excluding carboxylic acids is 2. The molecule has 3 aromatic rings. The van der Waals surface area contributed by atoms with E-state index >= 15 is 0 Å². The van der Waals surface area contributed by atoms with E-state index in [4.69, 9.17) is 18.9 Å². The number of fused-ring (bicyclic) bond motifs is 1. The van der Waals surface area contributed by atoms with Crippen molar-refractivity contribution >= 4 is 49.9 Å². The summed E-state index contributed by atoms with van der Waals surface area (Å²) in [5.74, 6) is 1.14. The molecule has 0 aromatic heterocycles. The fourth-order valence-corrected chi connectivity index (χ4v) is 4.68. The third-order valence-corrected chi connectivity index (χ3v) is 7.00. The highest BCUT2D eigenvalue weighted by molar-refractivity contribution is 9.10. The number of hydrazone groups is 1.